The molecule has 0 aliphatic carbocycles. The maximum Gasteiger partial charge on any atom is 0.0727 e. The molecule has 2 rings (SSSR count). The molecule has 3 heteroatoms. The number of aromatic nitrogens is 1. The van der Waals surface area contributed by atoms with E-state index in [0.29, 0.717) is 0 Å². The highest BCUT2D eigenvalue weighted by Gasteiger charge is 2.09. The fraction of sp³-hybridized carbons (Fsp3) is 0.400. The molecule has 2 aromatic rings. The number of nitrogens with one attached hydrogen (secondary N) is 1. The largest absolute Gasteiger partial charge is 0.385 e. The van der Waals surface area contributed by atoms with Crippen molar-refractivity contribution in [3.63, 3.8) is 0 Å². The van der Waals surface area contributed by atoms with Gasteiger partial charge in [0.15, 0.2) is 0 Å². The number of hydrogen-bond donors (Lipinski definition) is 1. The van der Waals surface area contributed by atoms with Gasteiger partial charge in [-0.3, -0.25) is 4.98 Å². The van der Waals surface area contributed by atoms with Crippen LogP contribution < -0.4 is 10.2 Å². The summed E-state index contributed by atoms with van der Waals surface area (Å²) in [6, 6.07) is 6.41. The van der Waals surface area contributed by atoms with Crippen LogP contribution in [0.25, 0.3) is 10.9 Å². The van der Waals surface area contributed by atoms with Gasteiger partial charge in [0.25, 0.3) is 0 Å². The highest BCUT2D eigenvalue weighted by Crippen LogP contribution is 2.30. The monoisotopic (exact) mass is 243 g/mol. The van der Waals surface area contributed by atoms with E-state index in [2.05, 4.69) is 68.3 Å². The quantitative estimate of drug-likeness (QED) is 0.896. The summed E-state index contributed by atoms with van der Waals surface area (Å²) in [6.07, 6.45) is 0. The molecule has 3 nitrogen and oxygen atoms in total. The smallest absolute Gasteiger partial charge is 0.0727 e. The number of nitrogens with zero attached hydrogens (tertiary/aromatic N) is 2. The van der Waals surface area contributed by atoms with Crippen LogP contribution in [0.1, 0.15) is 18.2 Å². The second-order valence-corrected chi connectivity index (χ2v) is 4.82. The predicted molar refractivity (Wildman–Crippen MR) is 79.7 cm³/mol. The number of hydrogen-bond acceptors (Lipinski definition) is 3. The van der Waals surface area contributed by atoms with Crippen LogP contribution in [0.4, 0.5) is 11.4 Å². The van der Waals surface area contributed by atoms with E-state index in [1.54, 1.807) is 0 Å². The first-order chi connectivity index (χ1) is 8.54. The first kappa shape index (κ1) is 12.7. The van der Waals surface area contributed by atoms with Crippen molar-refractivity contribution < 1.29 is 0 Å². The van der Waals surface area contributed by atoms with Gasteiger partial charge in [-0.15, -0.1) is 0 Å². The van der Waals surface area contributed by atoms with Gasteiger partial charge in [0, 0.05) is 43.1 Å². The van der Waals surface area contributed by atoms with Gasteiger partial charge in [-0.05, 0) is 44.5 Å². The first-order valence-electron chi connectivity index (χ1n) is 6.36. The lowest BCUT2D eigenvalue weighted by Gasteiger charge is -2.17. The molecule has 0 spiro atoms. The Morgan fingerprint density at radius 3 is 2.56 bits per heavy atom. The fourth-order valence-electron chi connectivity index (χ4n) is 2.15. The predicted octanol–water partition coefficient (Wildman–Crippen LogP) is 3.35. The molecule has 0 aliphatic rings. The van der Waals surface area contributed by atoms with Gasteiger partial charge in [0.05, 0.1) is 5.52 Å². The van der Waals surface area contributed by atoms with E-state index in [-0.39, 0.29) is 0 Å². The number of benzene rings is 1. The third-order valence-corrected chi connectivity index (χ3v) is 3.33. The summed E-state index contributed by atoms with van der Waals surface area (Å²) in [4.78, 5) is 6.78. The van der Waals surface area contributed by atoms with Gasteiger partial charge < -0.3 is 10.2 Å². The number of anilines is 2. The molecule has 1 aromatic heterocycles. The molecule has 0 amide bonds. The van der Waals surface area contributed by atoms with Crippen LogP contribution in [0.3, 0.4) is 0 Å². The maximum absolute atomic E-state index is 4.66. The molecule has 1 aromatic carbocycles. The van der Waals surface area contributed by atoms with Crippen molar-refractivity contribution in [3.8, 4) is 0 Å². The van der Waals surface area contributed by atoms with Crippen molar-refractivity contribution in [1.29, 1.82) is 0 Å². The fourth-order valence-corrected chi connectivity index (χ4v) is 2.15. The van der Waals surface area contributed by atoms with Crippen LogP contribution in [-0.4, -0.2) is 25.6 Å². The van der Waals surface area contributed by atoms with E-state index >= 15 is 0 Å². The van der Waals surface area contributed by atoms with Crippen molar-refractivity contribution in [2.24, 2.45) is 0 Å². The second kappa shape index (κ2) is 4.84. The molecule has 0 bridgehead atoms. The SMILES string of the molecule is CCNc1c(C)c(C)nc2ccc(N(C)C)cc12. The molecule has 0 radical (unpaired) electrons. The average Bonchev–Trinajstić information content (AvgIpc) is 2.34. The van der Waals surface area contributed by atoms with Crippen molar-refractivity contribution in [2.75, 3.05) is 30.9 Å². The number of rotatable bonds is 3. The van der Waals surface area contributed by atoms with Crippen molar-refractivity contribution in [3.05, 3.63) is 29.5 Å². The van der Waals surface area contributed by atoms with Gasteiger partial charge in [-0.2, -0.15) is 0 Å². The van der Waals surface area contributed by atoms with Crippen LogP contribution in [0.2, 0.25) is 0 Å². The zero-order chi connectivity index (χ0) is 13.3. The molecule has 0 fully saturated rings. The molecule has 0 atom stereocenters. The minimum atomic E-state index is 0.922. The van der Waals surface area contributed by atoms with Gasteiger partial charge in [0.1, 0.15) is 0 Å². The van der Waals surface area contributed by atoms with Crippen molar-refractivity contribution >= 4 is 22.3 Å². The van der Waals surface area contributed by atoms with Gasteiger partial charge in [0.2, 0.25) is 0 Å². The molecule has 18 heavy (non-hydrogen) atoms. The minimum Gasteiger partial charge on any atom is -0.385 e. The highest BCUT2D eigenvalue weighted by atomic mass is 15.1. The molecule has 0 saturated carbocycles. The zero-order valence-corrected chi connectivity index (χ0v) is 11.8. The zero-order valence-electron chi connectivity index (χ0n) is 11.8. The number of fused-ring (bicyclic) bond motifs is 1. The van der Waals surface area contributed by atoms with E-state index < -0.39 is 0 Å². The Hall–Kier alpha value is -1.77. The Bertz CT molecular complexity index is 573. The van der Waals surface area contributed by atoms with E-state index in [1.807, 2.05) is 0 Å². The summed E-state index contributed by atoms with van der Waals surface area (Å²) in [5.41, 5.74) is 5.80. The van der Waals surface area contributed by atoms with Crippen LogP contribution in [0, 0.1) is 13.8 Å². The van der Waals surface area contributed by atoms with Crippen LogP contribution >= 0.6 is 0 Å². The molecular weight excluding hydrogens is 222 g/mol. The number of pyridine rings is 1. The average molecular weight is 243 g/mol. The third-order valence-electron chi connectivity index (χ3n) is 3.33. The molecule has 1 heterocycles. The first-order valence-corrected chi connectivity index (χ1v) is 6.36. The Labute approximate surface area is 109 Å². The highest BCUT2D eigenvalue weighted by molar-refractivity contribution is 5.95. The van der Waals surface area contributed by atoms with E-state index in [1.165, 1.54) is 22.3 Å². The summed E-state index contributed by atoms with van der Waals surface area (Å²) < 4.78 is 0. The van der Waals surface area contributed by atoms with Crippen molar-refractivity contribution in [2.45, 2.75) is 20.8 Å². The standard InChI is InChI=1S/C15H21N3/c1-6-16-15-10(2)11(3)17-14-8-7-12(18(4)5)9-13(14)15/h7-9H,6H2,1-5H3,(H,16,17). The maximum atomic E-state index is 4.66. The molecule has 0 saturated heterocycles. The van der Waals surface area contributed by atoms with E-state index in [9.17, 15) is 0 Å². The summed E-state index contributed by atoms with van der Waals surface area (Å²) in [6.45, 7) is 7.24. The Morgan fingerprint density at radius 1 is 1.22 bits per heavy atom. The molecular formula is C15H21N3. The van der Waals surface area contributed by atoms with Gasteiger partial charge in [-0.1, -0.05) is 0 Å². The number of aryl methyl sites for hydroxylation is 1. The van der Waals surface area contributed by atoms with Gasteiger partial charge >= 0.3 is 0 Å². The van der Waals surface area contributed by atoms with E-state index in [4.69, 9.17) is 0 Å². The van der Waals surface area contributed by atoms with Crippen LogP contribution in [0.15, 0.2) is 18.2 Å². The summed E-state index contributed by atoms with van der Waals surface area (Å²) >= 11 is 0. The normalized spacial score (nSPS) is 10.7. The Morgan fingerprint density at radius 2 is 1.94 bits per heavy atom. The minimum absolute atomic E-state index is 0.922. The molecule has 0 unspecified atom stereocenters. The lowest BCUT2D eigenvalue weighted by molar-refractivity contribution is 1.13. The summed E-state index contributed by atoms with van der Waals surface area (Å²) in [5, 5.41) is 4.67. The molecule has 1 N–H and O–H groups in total. The third kappa shape index (κ3) is 2.13. The lowest BCUT2D eigenvalue weighted by atomic mass is 10.1. The van der Waals surface area contributed by atoms with Gasteiger partial charge in [-0.25, -0.2) is 0 Å². The summed E-state index contributed by atoms with van der Waals surface area (Å²) in [5.74, 6) is 0. The van der Waals surface area contributed by atoms with E-state index in [0.717, 1.165) is 17.8 Å². The Kier molecular flexibility index (Phi) is 3.41. The van der Waals surface area contributed by atoms with Crippen LogP contribution in [-0.2, 0) is 0 Å². The molecule has 0 aliphatic heterocycles. The molecule has 96 valence electrons. The summed E-state index contributed by atoms with van der Waals surface area (Å²) in [7, 11) is 4.12. The Balaban J connectivity index is 2.73. The van der Waals surface area contributed by atoms with Crippen molar-refractivity contribution in [1.82, 2.24) is 4.98 Å². The topological polar surface area (TPSA) is 28.2 Å². The lowest BCUT2D eigenvalue weighted by Crippen LogP contribution is -2.09. The second-order valence-electron chi connectivity index (χ2n) is 4.82. The van der Waals surface area contributed by atoms with Crippen LogP contribution in [0.5, 0.6) is 0 Å².